The molecule has 0 unspecified atom stereocenters. The van der Waals surface area contributed by atoms with Crippen molar-refractivity contribution in [3.8, 4) is 137 Å². The van der Waals surface area contributed by atoms with Crippen molar-refractivity contribution in [2.24, 2.45) is 0 Å². The molecule has 0 radical (unpaired) electrons. The van der Waals surface area contributed by atoms with Crippen LogP contribution >= 0.6 is 0 Å². The summed E-state index contributed by atoms with van der Waals surface area (Å²) < 4.78 is 13.9. The summed E-state index contributed by atoms with van der Waals surface area (Å²) in [6.45, 7) is 0. The Morgan fingerprint density at radius 2 is 0.353 bits per heavy atom. The summed E-state index contributed by atoms with van der Waals surface area (Å²) in [5.41, 5.74) is 26.1. The SMILES string of the molecule is c1ccc(-c2nc(-c3ccccc3)nc(-c3ccc(-n4c5ccccc5c5cc6c(cc54)c4ccccc4n6-c4ccccc4)cc3)n2)cc1.c1ccc(-c2nc(-c3ccccc3)nc(-c3ccc(-n4c5ccccc5c5ccc6c7ccccc7n(-c7ccccc7)c6c54)nc3)n2)cc1.c1ccc(-c2nc(-c3ccccc3)nc(-c3cnc(-n4c5ccccc5c5cc6c7ccccc7n(-c7ccccc7)c6cc54)nc3)n2)cc1. The molecule has 11 heterocycles. The highest BCUT2D eigenvalue weighted by Gasteiger charge is 2.27. The van der Waals surface area contributed by atoms with Crippen molar-refractivity contribution in [2.45, 2.75) is 0 Å². The third-order valence-corrected chi connectivity index (χ3v) is 28.3. The fraction of sp³-hybridized carbons (Fsp3) is 0. The fourth-order valence-corrected chi connectivity index (χ4v) is 21.4. The predicted molar refractivity (Wildman–Crippen MR) is 608 cm³/mol. The van der Waals surface area contributed by atoms with Gasteiger partial charge in [-0.1, -0.05) is 358 Å². The van der Waals surface area contributed by atoms with E-state index in [1.807, 2.05) is 188 Å². The molecule has 0 N–H and O–H groups in total. The average Bonchev–Trinajstić information content (AvgIpc) is 1.56. The molecule has 11 aromatic heterocycles. The molecule has 18 heteroatoms. The highest BCUT2D eigenvalue weighted by atomic mass is 15.2. The van der Waals surface area contributed by atoms with Crippen LogP contribution in [0.3, 0.4) is 0 Å². The van der Waals surface area contributed by atoms with Crippen LogP contribution in [0, 0.1) is 0 Å². The molecule has 150 heavy (non-hydrogen) atoms. The normalized spacial score (nSPS) is 11.6. The fourth-order valence-electron chi connectivity index (χ4n) is 21.4. The van der Waals surface area contributed by atoms with E-state index in [0.717, 1.165) is 122 Å². The van der Waals surface area contributed by atoms with Gasteiger partial charge in [-0.25, -0.2) is 59.8 Å². The Bertz CT molecular complexity index is 10200. The highest BCUT2D eigenvalue weighted by molar-refractivity contribution is 6.25. The molecular weight excluding hydrogens is 1840 g/mol. The molecule has 0 atom stereocenters. The van der Waals surface area contributed by atoms with E-state index < -0.39 is 0 Å². The Hall–Kier alpha value is -20.8. The van der Waals surface area contributed by atoms with Crippen LogP contribution in [0.15, 0.2) is 510 Å². The first-order valence-electron chi connectivity index (χ1n) is 50.0. The van der Waals surface area contributed by atoms with E-state index in [-0.39, 0.29) is 0 Å². The van der Waals surface area contributed by atoms with Crippen molar-refractivity contribution in [3.05, 3.63) is 510 Å². The van der Waals surface area contributed by atoms with E-state index >= 15 is 0 Å². The third kappa shape index (κ3) is 15.3. The van der Waals surface area contributed by atoms with E-state index in [2.05, 4.69) is 337 Å². The molecule has 30 aromatic rings. The van der Waals surface area contributed by atoms with Crippen molar-refractivity contribution in [1.29, 1.82) is 0 Å². The average molecular weight is 1920 g/mol. The van der Waals surface area contributed by atoms with E-state index in [1.165, 1.54) is 81.4 Å². The summed E-state index contributed by atoms with van der Waals surface area (Å²) in [5.74, 6) is 6.86. The number of fused-ring (bicyclic) bond motifs is 19. The van der Waals surface area contributed by atoms with Gasteiger partial charge >= 0.3 is 0 Å². The number of aromatic nitrogens is 18. The van der Waals surface area contributed by atoms with E-state index in [9.17, 15) is 0 Å². The molecular formula is C132H84N18. The number of pyridine rings is 1. The maximum Gasteiger partial charge on any atom is 0.234 e. The molecule has 0 aliphatic carbocycles. The molecule has 19 aromatic carbocycles. The first-order chi connectivity index (χ1) is 74.4. The lowest BCUT2D eigenvalue weighted by Gasteiger charge is -2.12. The Morgan fingerprint density at radius 1 is 0.127 bits per heavy atom. The summed E-state index contributed by atoms with van der Waals surface area (Å²) in [5, 5.41) is 14.4. The molecule has 0 saturated carbocycles. The van der Waals surface area contributed by atoms with Crippen LogP contribution in [-0.4, -0.2) is 87.2 Å². The Labute approximate surface area is 859 Å². The first kappa shape index (κ1) is 87.1. The minimum Gasteiger partial charge on any atom is -0.309 e. The van der Waals surface area contributed by atoms with Crippen molar-refractivity contribution < 1.29 is 0 Å². The van der Waals surface area contributed by atoms with Gasteiger partial charge in [-0.3, -0.25) is 9.13 Å². The molecule has 0 bridgehead atoms. The van der Waals surface area contributed by atoms with Crippen molar-refractivity contribution in [2.75, 3.05) is 0 Å². The third-order valence-electron chi connectivity index (χ3n) is 28.3. The molecule has 0 spiro atoms. The molecule has 0 amide bonds. The standard InChI is InChI=1S/C45H29N5.C44H28N6.C43H27N7/c1-4-14-30(15-5-1)43-46-44(31-16-6-2-7-17-31)48-45(47-43)32-24-26-34(27-25-32)50-40-23-13-11-21-36(40)38-28-41-37(29-42(38)50)35-20-10-12-22-39(35)49(41)33-18-8-3-9-19-33;1-4-14-29(15-5-1)42-46-43(30-16-6-2-7-17-30)48-44(47-42)31-24-27-39(45-28-31)50-38-23-13-11-21-34(38)36-26-25-35-33-20-10-12-22-37(33)49(40(35)41(36)50)32-18-8-3-9-19-32;1-4-14-28(15-5-1)40-46-41(29-16-6-2-7-17-29)48-42(47-40)30-26-44-43(45-27-30)50-37-23-13-11-21-33(37)35-24-34-32-20-10-12-22-36(32)49(38(34)25-39(35)50)31-18-8-3-9-19-31/h1-29H;1-28H;1-27H. The summed E-state index contributed by atoms with van der Waals surface area (Å²) in [6, 6.07) is 170. The summed E-state index contributed by atoms with van der Waals surface area (Å²) >= 11 is 0. The van der Waals surface area contributed by atoms with E-state index in [4.69, 9.17) is 59.8 Å². The van der Waals surface area contributed by atoms with Crippen LogP contribution in [0.5, 0.6) is 0 Å². The highest BCUT2D eigenvalue weighted by Crippen LogP contribution is 2.46. The lowest BCUT2D eigenvalue weighted by atomic mass is 10.1. The summed E-state index contributed by atoms with van der Waals surface area (Å²) in [7, 11) is 0. The second-order valence-electron chi connectivity index (χ2n) is 37.1. The topological polar surface area (TPSA) is 184 Å². The van der Waals surface area contributed by atoms with Crippen molar-refractivity contribution in [1.82, 2.24) is 87.2 Å². The molecule has 0 saturated heterocycles. The predicted octanol–water partition coefficient (Wildman–Crippen LogP) is 31.4. The van der Waals surface area contributed by atoms with Gasteiger partial charge in [-0.2, -0.15) is 0 Å². The zero-order valence-electron chi connectivity index (χ0n) is 80.5. The van der Waals surface area contributed by atoms with Gasteiger partial charge in [0.05, 0.1) is 71.8 Å². The zero-order valence-corrected chi connectivity index (χ0v) is 80.5. The molecule has 702 valence electrons. The van der Waals surface area contributed by atoms with Crippen LogP contribution in [0.25, 0.3) is 268 Å². The van der Waals surface area contributed by atoms with Gasteiger partial charge in [-0.15, -0.1) is 0 Å². The lowest BCUT2D eigenvalue weighted by Crippen LogP contribution is -2.03. The summed E-state index contributed by atoms with van der Waals surface area (Å²) in [6.07, 6.45) is 5.49. The molecule has 0 aliphatic heterocycles. The molecule has 18 nitrogen and oxygen atoms in total. The van der Waals surface area contributed by atoms with Gasteiger partial charge in [0.15, 0.2) is 52.4 Å². The zero-order chi connectivity index (χ0) is 99.1. The van der Waals surface area contributed by atoms with Gasteiger partial charge in [0.25, 0.3) is 0 Å². The van der Waals surface area contributed by atoms with Gasteiger partial charge in [0.1, 0.15) is 5.82 Å². The summed E-state index contributed by atoms with van der Waals surface area (Å²) in [4.78, 5) is 59.1. The van der Waals surface area contributed by atoms with Gasteiger partial charge in [0, 0.05) is 150 Å². The van der Waals surface area contributed by atoms with Gasteiger partial charge in [-0.05, 0) is 133 Å². The van der Waals surface area contributed by atoms with E-state index in [0.29, 0.717) is 63.9 Å². The number of nitrogens with zero attached hydrogens (tertiary/aromatic N) is 18. The van der Waals surface area contributed by atoms with Crippen LogP contribution in [0.2, 0.25) is 0 Å². The Morgan fingerprint density at radius 3 is 0.687 bits per heavy atom. The van der Waals surface area contributed by atoms with E-state index in [1.54, 1.807) is 12.4 Å². The Kier molecular flexibility index (Phi) is 21.4. The maximum absolute atomic E-state index is 5.12. The number of para-hydroxylation sites is 9. The minimum atomic E-state index is 0.514. The van der Waals surface area contributed by atoms with Crippen LogP contribution in [0.1, 0.15) is 0 Å². The van der Waals surface area contributed by atoms with Crippen molar-refractivity contribution >= 4 is 131 Å². The van der Waals surface area contributed by atoms with Crippen LogP contribution in [0.4, 0.5) is 0 Å². The van der Waals surface area contributed by atoms with Crippen LogP contribution < -0.4 is 0 Å². The minimum absolute atomic E-state index is 0.514. The van der Waals surface area contributed by atoms with Crippen LogP contribution in [-0.2, 0) is 0 Å². The number of hydrogen-bond acceptors (Lipinski definition) is 12. The number of hydrogen-bond donors (Lipinski definition) is 0. The Balaban J connectivity index is 0.000000108. The number of rotatable bonds is 15. The second-order valence-corrected chi connectivity index (χ2v) is 37.1. The molecule has 30 rings (SSSR count). The van der Waals surface area contributed by atoms with Gasteiger partial charge < -0.3 is 18.3 Å². The molecule has 0 aliphatic rings. The maximum atomic E-state index is 5.12. The number of benzene rings is 19. The van der Waals surface area contributed by atoms with Gasteiger partial charge in [0.2, 0.25) is 5.95 Å². The molecule has 0 fully saturated rings. The second kappa shape index (κ2) is 36.9. The quantitative estimate of drug-likeness (QED) is 0.0947. The smallest absolute Gasteiger partial charge is 0.234 e. The van der Waals surface area contributed by atoms with Crippen molar-refractivity contribution in [3.63, 3.8) is 0 Å². The first-order valence-corrected chi connectivity index (χ1v) is 50.0. The lowest BCUT2D eigenvalue weighted by molar-refractivity contribution is 0.982. The monoisotopic (exact) mass is 1920 g/mol. The largest absolute Gasteiger partial charge is 0.309 e.